The van der Waals surface area contributed by atoms with Gasteiger partial charge in [-0.05, 0) is 81.9 Å². The molecule has 0 unspecified atom stereocenters. The van der Waals surface area contributed by atoms with Gasteiger partial charge in [0.2, 0.25) is 0 Å². The summed E-state index contributed by atoms with van der Waals surface area (Å²) in [5.41, 5.74) is 17.0. The third-order valence-corrected chi connectivity index (χ3v) is 13.6. The van der Waals surface area contributed by atoms with Crippen LogP contribution in [-0.4, -0.2) is 24.1 Å². The highest BCUT2D eigenvalue weighted by atomic mass is 15.0. The SMILES string of the molecule is CC1(C)c2ccccc2-c2ccc(-c3nc(-c4ccccc4)nc(-c4ccc(-c5cc(-n6c7ccccc7c7ccccc76)cc(-n6c7ccccc7c7ccccc76)c5)cc4)n3)cc21. The van der Waals surface area contributed by atoms with Gasteiger partial charge in [0, 0.05) is 55.0 Å². The molecule has 12 aromatic rings. The molecule has 0 saturated heterocycles. The first-order chi connectivity index (χ1) is 32.0. The van der Waals surface area contributed by atoms with Crippen molar-refractivity contribution in [1.29, 1.82) is 0 Å². The van der Waals surface area contributed by atoms with E-state index in [1.54, 1.807) is 0 Å². The van der Waals surface area contributed by atoms with Gasteiger partial charge in [-0.25, -0.2) is 15.0 Å². The van der Waals surface area contributed by atoms with Crippen LogP contribution in [0.4, 0.5) is 0 Å². The molecule has 0 radical (unpaired) electrons. The molecule has 9 aromatic carbocycles. The summed E-state index contributed by atoms with van der Waals surface area (Å²) in [5.74, 6) is 1.93. The van der Waals surface area contributed by atoms with Gasteiger partial charge in [-0.2, -0.15) is 0 Å². The average Bonchev–Trinajstić information content (AvgIpc) is 3.97. The fourth-order valence-corrected chi connectivity index (χ4v) is 10.4. The normalized spacial score (nSPS) is 12.9. The summed E-state index contributed by atoms with van der Waals surface area (Å²) in [6.45, 7) is 4.61. The lowest BCUT2D eigenvalue weighted by molar-refractivity contribution is 0.660. The maximum Gasteiger partial charge on any atom is 0.164 e. The first kappa shape index (κ1) is 37.2. The zero-order valence-corrected chi connectivity index (χ0v) is 35.9. The van der Waals surface area contributed by atoms with Crippen LogP contribution in [0.5, 0.6) is 0 Å². The third-order valence-electron chi connectivity index (χ3n) is 13.6. The van der Waals surface area contributed by atoms with Crippen molar-refractivity contribution in [2.75, 3.05) is 0 Å². The van der Waals surface area contributed by atoms with E-state index in [0.29, 0.717) is 17.5 Å². The van der Waals surface area contributed by atoms with Gasteiger partial charge >= 0.3 is 0 Å². The molecule has 0 bridgehead atoms. The fourth-order valence-electron chi connectivity index (χ4n) is 10.4. The molecule has 5 nitrogen and oxygen atoms in total. The molecule has 0 aliphatic heterocycles. The molecule has 306 valence electrons. The van der Waals surface area contributed by atoms with E-state index in [1.165, 1.54) is 65.9 Å². The summed E-state index contributed by atoms with van der Waals surface area (Å²) in [5, 5.41) is 4.93. The van der Waals surface area contributed by atoms with Crippen molar-refractivity contribution in [2.45, 2.75) is 19.3 Å². The first-order valence-electron chi connectivity index (χ1n) is 22.3. The Morgan fingerprint density at radius 1 is 0.308 bits per heavy atom. The van der Waals surface area contributed by atoms with Gasteiger partial charge < -0.3 is 9.13 Å². The van der Waals surface area contributed by atoms with Gasteiger partial charge in [0.05, 0.1) is 22.1 Å². The van der Waals surface area contributed by atoms with Crippen LogP contribution < -0.4 is 0 Å². The summed E-state index contributed by atoms with van der Waals surface area (Å²) >= 11 is 0. The van der Waals surface area contributed by atoms with Gasteiger partial charge in [-0.15, -0.1) is 0 Å². The number of benzene rings is 9. The van der Waals surface area contributed by atoms with Crippen molar-refractivity contribution < 1.29 is 0 Å². The average molecular weight is 832 g/mol. The van der Waals surface area contributed by atoms with Crippen LogP contribution in [0.1, 0.15) is 25.0 Å². The van der Waals surface area contributed by atoms with Gasteiger partial charge in [-0.1, -0.05) is 178 Å². The molecular formula is C60H41N5. The van der Waals surface area contributed by atoms with Crippen molar-refractivity contribution in [2.24, 2.45) is 0 Å². The Morgan fingerprint density at radius 2 is 0.708 bits per heavy atom. The number of nitrogens with zero attached hydrogens (tertiary/aromatic N) is 5. The summed E-state index contributed by atoms with van der Waals surface area (Å²) in [7, 11) is 0. The topological polar surface area (TPSA) is 48.5 Å². The van der Waals surface area contributed by atoms with E-state index in [0.717, 1.165) is 39.2 Å². The number of para-hydroxylation sites is 4. The van der Waals surface area contributed by atoms with Crippen molar-refractivity contribution in [1.82, 2.24) is 24.1 Å². The highest BCUT2D eigenvalue weighted by Crippen LogP contribution is 2.49. The van der Waals surface area contributed by atoms with Crippen LogP contribution in [0.25, 0.3) is 111 Å². The predicted octanol–water partition coefficient (Wildman–Crippen LogP) is 15.0. The summed E-state index contributed by atoms with van der Waals surface area (Å²) < 4.78 is 4.83. The number of rotatable bonds is 6. The predicted molar refractivity (Wildman–Crippen MR) is 268 cm³/mol. The smallest absolute Gasteiger partial charge is 0.164 e. The lowest BCUT2D eigenvalue weighted by Gasteiger charge is -2.21. The van der Waals surface area contributed by atoms with Crippen LogP contribution in [0.2, 0.25) is 0 Å². The molecule has 65 heavy (non-hydrogen) atoms. The highest BCUT2D eigenvalue weighted by Gasteiger charge is 2.35. The Bertz CT molecular complexity index is 3620. The van der Waals surface area contributed by atoms with Gasteiger partial charge in [0.25, 0.3) is 0 Å². The minimum Gasteiger partial charge on any atom is -0.309 e. The second-order valence-corrected chi connectivity index (χ2v) is 17.7. The van der Waals surface area contributed by atoms with Crippen LogP contribution in [0, 0.1) is 0 Å². The van der Waals surface area contributed by atoms with Gasteiger partial charge in [0.15, 0.2) is 17.5 Å². The van der Waals surface area contributed by atoms with E-state index in [9.17, 15) is 0 Å². The molecule has 1 aliphatic carbocycles. The molecule has 0 N–H and O–H groups in total. The molecule has 5 heteroatoms. The van der Waals surface area contributed by atoms with E-state index >= 15 is 0 Å². The van der Waals surface area contributed by atoms with Crippen molar-refractivity contribution >= 4 is 43.6 Å². The van der Waals surface area contributed by atoms with E-state index < -0.39 is 0 Å². The Balaban J connectivity index is 0.973. The Hall–Kier alpha value is -8.41. The quantitative estimate of drug-likeness (QED) is 0.168. The van der Waals surface area contributed by atoms with E-state index in [4.69, 9.17) is 15.0 Å². The van der Waals surface area contributed by atoms with Gasteiger partial charge in [0.1, 0.15) is 0 Å². The minimum absolute atomic E-state index is 0.143. The number of hydrogen-bond donors (Lipinski definition) is 0. The zero-order chi connectivity index (χ0) is 43.2. The highest BCUT2D eigenvalue weighted by molar-refractivity contribution is 6.10. The Labute approximate surface area is 376 Å². The minimum atomic E-state index is -0.143. The summed E-state index contributed by atoms with van der Waals surface area (Å²) in [6, 6.07) is 76.2. The standard InChI is InChI=1S/C60H41N5/c1-60(2)51-23-11-6-18-45(51)46-33-32-41(36-52(46)60)59-62-57(39-16-4-3-5-17-39)61-58(63-59)40-30-28-38(29-31-40)42-34-43(64-53-24-12-7-19-47(53)48-20-8-13-25-54(48)64)37-44(35-42)65-55-26-14-9-21-49(55)50-22-10-15-27-56(50)65/h3-37H,1-2H3. The molecule has 0 fully saturated rings. The molecule has 0 saturated carbocycles. The largest absolute Gasteiger partial charge is 0.309 e. The van der Waals surface area contributed by atoms with Crippen LogP contribution in [0.3, 0.4) is 0 Å². The van der Waals surface area contributed by atoms with E-state index in [2.05, 4.69) is 217 Å². The summed E-state index contributed by atoms with van der Waals surface area (Å²) in [6.07, 6.45) is 0. The molecule has 0 atom stereocenters. The fraction of sp³-hybridized carbons (Fsp3) is 0.0500. The van der Waals surface area contributed by atoms with Gasteiger partial charge in [-0.3, -0.25) is 0 Å². The lowest BCUT2D eigenvalue weighted by Crippen LogP contribution is -2.15. The Morgan fingerprint density at radius 3 is 1.25 bits per heavy atom. The van der Waals surface area contributed by atoms with E-state index in [-0.39, 0.29) is 5.41 Å². The molecule has 0 amide bonds. The molecule has 1 aliphatic rings. The third kappa shape index (κ3) is 5.82. The van der Waals surface area contributed by atoms with Crippen molar-refractivity contribution in [3.05, 3.63) is 223 Å². The van der Waals surface area contributed by atoms with Crippen molar-refractivity contribution in [3.8, 4) is 67.8 Å². The number of fused-ring (bicyclic) bond motifs is 9. The Kier molecular flexibility index (Phi) is 8.18. The maximum absolute atomic E-state index is 5.21. The number of hydrogen-bond acceptors (Lipinski definition) is 3. The van der Waals surface area contributed by atoms with Crippen LogP contribution in [-0.2, 0) is 5.41 Å². The number of aromatic nitrogens is 5. The molecule has 3 aromatic heterocycles. The van der Waals surface area contributed by atoms with Crippen LogP contribution in [0.15, 0.2) is 212 Å². The second-order valence-electron chi connectivity index (χ2n) is 17.7. The van der Waals surface area contributed by atoms with Crippen molar-refractivity contribution in [3.63, 3.8) is 0 Å². The van der Waals surface area contributed by atoms with Crippen LogP contribution >= 0.6 is 0 Å². The molecular weight excluding hydrogens is 791 g/mol. The second kappa shape index (κ2) is 14.3. The lowest BCUT2D eigenvalue weighted by atomic mass is 9.82. The first-order valence-corrected chi connectivity index (χ1v) is 22.3. The summed E-state index contributed by atoms with van der Waals surface area (Å²) in [4.78, 5) is 15.4. The monoisotopic (exact) mass is 831 g/mol. The molecule has 0 spiro atoms. The maximum atomic E-state index is 5.21. The van der Waals surface area contributed by atoms with E-state index in [1.807, 2.05) is 18.2 Å². The zero-order valence-electron chi connectivity index (χ0n) is 35.9. The molecule has 13 rings (SSSR count). The molecule has 3 heterocycles.